The predicted molar refractivity (Wildman–Crippen MR) is 191 cm³/mol. The summed E-state index contributed by atoms with van der Waals surface area (Å²) in [4.78, 5) is 5.21. The normalized spacial score (nSPS) is 24.2. The first-order chi connectivity index (χ1) is 22.3. The zero-order valence-electron chi connectivity index (χ0n) is 27.1. The van der Waals surface area contributed by atoms with Crippen LogP contribution in [0.15, 0.2) is 103 Å². The van der Waals surface area contributed by atoms with E-state index in [0.29, 0.717) is 5.41 Å². The number of pyridine rings is 1. The van der Waals surface area contributed by atoms with E-state index in [9.17, 15) is 0 Å². The summed E-state index contributed by atoms with van der Waals surface area (Å²) in [5.74, 6) is 3.78. The minimum atomic E-state index is 0.0957. The van der Waals surface area contributed by atoms with Gasteiger partial charge in [-0.05, 0) is 121 Å². The highest BCUT2D eigenvalue weighted by molar-refractivity contribution is 6.10. The Kier molecular flexibility index (Phi) is 5.45. The number of rotatable bonds is 3. The molecule has 0 amide bonds. The maximum atomic E-state index is 5.21. The van der Waals surface area contributed by atoms with Gasteiger partial charge in [-0.2, -0.15) is 0 Å². The quantitative estimate of drug-likeness (QED) is 0.198. The van der Waals surface area contributed by atoms with Gasteiger partial charge in [-0.3, -0.25) is 4.57 Å². The lowest BCUT2D eigenvalue weighted by Gasteiger charge is -2.57. The van der Waals surface area contributed by atoms with Crippen LogP contribution in [0.2, 0.25) is 0 Å². The summed E-state index contributed by atoms with van der Waals surface area (Å²) >= 11 is 0. The summed E-state index contributed by atoms with van der Waals surface area (Å²) in [6.45, 7) is 6.87. The van der Waals surface area contributed by atoms with Gasteiger partial charge >= 0.3 is 0 Å². The van der Waals surface area contributed by atoms with E-state index in [0.717, 1.165) is 29.3 Å². The first-order valence-electron chi connectivity index (χ1n) is 17.4. The van der Waals surface area contributed by atoms with Gasteiger partial charge in [0.2, 0.25) is 0 Å². The molecular formula is C43H41N3. The summed E-state index contributed by atoms with van der Waals surface area (Å²) in [6.07, 6.45) is 10.6. The smallest absolute Gasteiger partial charge is 0.137 e. The fourth-order valence-electron chi connectivity index (χ4n) is 10.4. The summed E-state index contributed by atoms with van der Waals surface area (Å²) < 4.78 is 4.80. The van der Waals surface area contributed by atoms with Gasteiger partial charge < -0.3 is 4.57 Å². The number of aromatic nitrogens is 3. The molecule has 0 atom stereocenters. The van der Waals surface area contributed by atoms with Crippen LogP contribution in [-0.2, 0) is 10.8 Å². The van der Waals surface area contributed by atoms with E-state index in [1.54, 1.807) is 5.56 Å². The standard InChI is InChI=1S/C43H41N3/c1-42(2,3)30-13-16-39-36(21-30)34-9-5-6-10-37(34)45(39)32-14-17-41(44-26-32)46-38-11-7-4-8-33(38)35-15-12-31(22-40(35)46)43-23-27-18-28(24-43)20-29(19-27)25-43/h4-17,21-22,26-29H,18-20,23-25H2,1-3H3. The van der Waals surface area contributed by atoms with E-state index in [1.807, 2.05) is 0 Å². The van der Waals surface area contributed by atoms with Crippen LogP contribution in [0.1, 0.15) is 70.4 Å². The molecule has 0 N–H and O–H groups in total. The Hall–Kier alpha value is -4.37. The number of fused-ring (bicyclic) bond motifs is 6. The van der Waals surface area contributed by atoms with E-state index < -0.39 is 0 Å². The van der Waals surface area contributed by atoms with E-state index in [1.165, 1.54) is 87.7 Å². The van der Waals surface area contributed by atoms with E-state index in [-0.39, 0.29) is 5.41 Å². The first kappa shape index (κ1) is 26.8. The van der Waals surface area contributed by atoms with Crippen LogP contribution in [0.5, 0.6) is 0 Å². The van der Waals surface area contributed by atoms with Gasteiger partial charge in [-0.1, -0.05) is 75.4 Å². The molecular weight excluding hydrogens is 558 g/mol. The fourth-order valence-corrected chi connectivity index (χ4v) is 10.4. The van der Waals surface area contributed by atoms with Crippen LogP contribution in [-0.4, -0.2) is 14.1 Å². The van der Waals surface area contributed by atoms with Crippen molar-refractivity contribution in [2.24, 2.45) is 17.8 Å². The molecule has 4 bridgehead atoms. The summed E-state index contributed by atoms with van der Waals surface area (Å²) in [6, 6.07) is 36.6. The Morgan fingerprint density at radius 3 is 1.85 bits per heavy atom. The molecule has 0 aliphatic heterocycles. The van der Waals surface area contributed by atoms with Crippen LogP contribution in [0.4, 0.5) is 0 Å². The minimum absolute atomic E-state index is 0.0957. The second kappa shape index (κ2) is 9.35. The van der Waals surface area contributed by atoms with Gasteiger partial charge in [0, 0.05) is 21.5 Å². The number of para-hydroxylation sites is 2. The van der Waals surface area contributed by atoms with Gasteiger partial charge in [-0.25, -0.2) is 4.98 Å². The molecule has 46 heavy (non-hydrogen) atoms. The third-order valence-corrected chi connectivity index (χ3v) is 12.1. The minimum Gasteiger partial charge on any atom is -0.308 e. The van der Waals surface area contributed by atoms with Crippen molar-refractivity contribution in [3.63, 3.8) is 0 Å². The second-order valence-corrected chi connectivity index (χ2v) is 16.0. The van der Waals surface area contributed by atoms with Gasteiger partial charge in [-0.15, -0.1) is 0 Å². The molecule has 7 aromatic rings. The number of hydrogen-bond donors (Lipinski definition) is 0. The molecule has 11 rings (SSSR count). The van der Waals surface area contributed by atoms with Gasteiger partial charge in [0.15, 0.2) is 0 Å². The van der Waals surface area contributed by atoms with Crippen LogP contribution in [0, 0.1) is 17.8 Å². The summed E-state index contributed by atoms with van der Waals surface area (Å²) in [7, 11) is 0. The first-order valence-corrected chi connectivity index (χ1v) is 17.4. The third-order valence-electron chi connectivity index (χ3n) is 12.1. The molecule has 3 heteroatoms. The molecule has 0 spiro atoms. The van der Waals surface area contributed by atoms with Crippen LogP contribution in [0.25, 0.3) is 55.1 Å². The average molecular weight is 600 g/mol. The molecule has 0 unspecified atom stereocenters. The topological polar surface area (TPSA) is 22.8 Å². The van der Waals surface area contributed by atoms with E-state index in [2.05, 4.69) is 133 Å². The average Bonchev–Trinajstić information content (AvgIpc) is 3.56. The van der Waals surface area contributed by atoms with Crippen molar-refractivity contribution in [2.75, 3.05) is 0 Å². The molecule has 3 aromatic heterocycles. The Bertz CT molecular complexity index is 2290. The number of benzene rings is 4. The zero-order chi connectivity index (χ0) is 30.8. The van der Waals surface area contributed by atoms with Crippen LogP contribution in [0.3, 0.4) is 0 Å². The van der Waals surface area contributed by atoms with Crippen molar-refractivity contribution in [3.8, 4) is 11.5 Å². The molecule has 4 aliphatic carbocycles. The highest BCUT2D eigenvalue weighted by Crippen LogP contribution is 2.61. The molecule has 4 aromatic carbocycles. The highest BCUT2D eigenvalue weighted by atomic mass is 15.1. The lowest BCUT2D eigenvalue weighted by Crippen LogP contribution is -2.48. The van der Waals surface area contributed by atoms with Crippen molar-refractivity contribution in [1.82, 2.24) is 14.1 Å². The monoisotopic (exact) mass is 599 g/mol. The van der Waals surface area contributed by atoms with Gasteiger partial charge in [0.25, 0.3) is 0 Å². The number of nitrogens with zero attached hydrogens (tertiary/aromatic N) is 3. The van der Waals surface area contributed by atoms with E-state index >= 15 is 0 Å². The lowest BCUT2D eigenvalue weighted by molar-refractivity contribution is -0.00513. The molecule has 4 aliphatic rings. The molecule has 4 fully saturated rings. The Balaban J connectivity index is 1.13. The van der Waals surface area contributed by atoms with Crippen molar-refractivity contribution < 1.29 is 0 Å². The third kappa shape index (κ3) is 3.81. The fraction of sp³-hybridized carbons (Fsp3) is 0.326. The summed E-state index contributed by atoms with van der Waals surface area (Å²) in [5.41, 5.74) is 9.44. The van der Waals surface area contributed by atoms with Crippen LogP contribution < -0.4 is 0 Å². The maximum absolute atomic E-state index is 5.21. The summed E-state index contributed by atoms with van der Waals surface area (Å²) in [5, 5.41) is 5.21. The maximum Gasteiger partial charge on any atom is 0.137 e. The molecule has 3 nitrogen and oxygen atoms in total. The van der Waals surface area contributed by atoms with Crippen molar-refractivity contribution in [3.05, 3.63) is 114 Å². The van der Waals surface area contributed by atoms with Crippen molar-refractivity contribution in [2.45, 2.75) is 70.1 Å². The number of hydrogen-bond acceptors (Lipinski definition) is 1. The Labute approximate surface area is 270 Å². The lowest BCUT2D eigenvalue weighted by atomic mass is 9.48. The Morgan fingerprint density at radius 1 is 0.587 bits per heavy atom. The molecule has 0 radical (unpaired) electrons. The largest absolute Gasteiger partial charge is 0.308 e. The molecule has 4 saturated carbocycles. The molecule has 0 saturated heterocycles. The highest BCUT2D eigenvalue weighted by Gasteiger charge is 2.51. The van der Waals surface area contributed by atoms with Crippen LogP contribution >= 0.6 is 0 Å². The molecule has 3 heterocycles. The predicted octanol–water partition coefficient (Wildman–Crippen LogP) is 11.0. The van der Waals surface area contributed by atoms with Crippen molar-refractivity contribution in [1.29, 1.82) is 0 Å². The van der Waals surface area contributed by atoms with Crippen molar-refractivity contribution >= 4 is 43.6 Å². The van der Waals surface area contributed by atoms with E-state index in [4.69, 9.17) is 4.98 Å². The SMILES string of the molecule is CC(C)(C)c1ccc2c(c1)c1ccccc1n2-c1ccc(-n2c3ccccc3c3ccc(C45CC6CC(CC(C6)C4)C5)cc32)nc1. The van der Waals surface area contributed by atoms with Gasteiger partial charge in [0.05, 0.1) is 34.0 Å². The zero-order valence-corrected chi connectivity index (χ0v) is 27.1. The van der Waals surface area contributed by atoms with Gasteiger partial charge in [0.1, 0.15) is 5.82 Å². The Morgan fingerprint density at radius 2 is 1.20 bits per heavy atom. The molecule has 228 valence electrons. The second-order valence-electron chi connectivity index (χ2n) is 16.0.